The Kier molecular flexibility index (Phi) is 5.06. The lowest BCUT2D eigenvalue weighted by atomic mass is 10.1. The summed E-state index contributed by atoms with van der Waals surface area (Å²) < 4.78 is 13.3. The first-order valence-electron chi connectivity index (χ1n) is 6.32. The maximum absolute atomic E-state index is 13.3. The van der Waals surface area contributed by atoms with E-state index in [0.717, 1.165) is 11.3 Å². The predicted molar refractivity (Wildman–Crippen MR) is 77.1 cm³/mol. The summed E-state index contributed by atoms with van der Waals surface area (Å²) in [7, 11) is 0. The van der Waals surface area contributed by atoms with Crippen molar-refractivity contribution in [1.29, 1.82) is 0 Å². The number of halogens is 2. The van der Waals surface area contributed by atoms with Crippen molar-refractivity contribution in [3.05, 3.63) is 64.2 Å². The van der Waals surface area contributed by atoms with Crippen molar-refractivity contribution in [3.8, 4) is 0 Å². The van der Waals surface area contributed by atoms with Gasteiger partial charge in [-0.2, -0.15) is 0 Å². The summed E-state index contributed by atoms with van der Waals surface area (Å²) in [6.07, 6.45) is 0.961. The molecule has 1 heterocycles. The quantitative estimate of drug-likeness (QED) is 0.891. The van der Waals surface area contributed by atoms with Crippen molar-refractivity contribution in [2.45, 2.75) is 19.6 Å². The van der Waals surface area contributed by atoms with E-state index in [1.807, 2.05) is 19.1 Å². The lowest BCUT2D eigenvalue weighted by Gasteiger charge is -2.13. The normalized spacial score (nSPS) is 12.4. The third kappa shape index (κ3) is 3.76. The highest BCUT2D eigenvalue weighted by Crippen LogP contribution is 2.20. The number of hydrogen-bond donors (Lipinski definition) is 2. The third-order valence-electron chi connectivity index (χ3n) is 3.10. The zero-order valence-electron chi connectivity index (χ0n) is 11.1. The van der Waals surface area contributed by atoms with E-state index in [0.29, 0.717) is 18.7 Å². The number of aliphatic hydroxyl groups excluding tert-OH is 1. The Hall–Kier alpha value is -1.49. The molecule has 0 aliphatic rings. The second-order valence-electron chi connectivity index (χ2n) is 4.57. The maximum atomic E-state index is 13.3. The zero-order chi connectivity index (χ0) is 14.5. The zero-order valence-corrected chi connectivity index (χ0v) is 11.9. The van der Waals surface area contributed by atoms with Crippen LogP contribution in [-0.4, -0.2) is 16.6 Å². The van der Waals surface area contributed by atoms with Gasteiger partial charge >= 0.3 is 0 Å². The van der Waals surface area contributed by atoms with Crippen LogP contribution in [0.5, 0.6) is 0 Å². The highest BCUT2D eigenvalue weighted by Gasteiger charge is 2.10. The second-order valence-corrected chi connectivity index (χ2v) is 4.98. The number of aromatic nitrogens is 1. The molecule has 5 heteroatoms. The van der Waals surface area contributed by atoms with Crippen LogP contribution in [0.25, 0.3) is 0 Å². The summed E-state index contributed by atoms with van der Waals surface area (Å²) in [5.74, 6) is -0.522. The van der Waals surface area contributed by atoms with Crippen molar-refractivity contribution < 1.29 is 9.50 Å². The SMILES string of the molecule is Cc1ncccc1CNCC(O)c1ccc(Cl)c(F)c1. The summed E-state index contributed by atoms with van der Waals surface area (Å²) in [5.41, 5.74) is 2.52. The fourth-order valence-electron chi connectivity index (χ4n) is 1.89. The monoisotopic (exact) mass is 294 g/mol. The minimum Gasteiger partial charge on any atom is -0.387 e. The van der Waals surface area contributed by atoms with Gasteiger partial charge in [-0.3, -0.25) is 4.98 Å². The van der Waals surface area contributed by atoms with Crippen molar-refractivity contribution in [2.24, 2.45) is 0 Å². The lowest BCUT2D eigenvalue weighted by Crippen LogP contribution is -2.21. The highest BCUT2D eigenvalue weighted by molar-refractivity contribution is 6.30. The number of nitrogens with zero attached hydrogens (tertiary/aromatic N) is 1. The molecule has 0 saturated heterocycles. The lowest BCUT2D eigenvalue weighted by molar-refractivity contribution is 0.174. The fourth-order valence-corrected chi connectivity index (χ4v) is 2.00. The summed E-state index contributed by atoms with van der Waals surface area (Å²) in [6.45, 7) is 2.87. The van der Waals surface area contributed by atoms with Gasteiger partial charge in [0.1, 0.15) is 5.82 Å². The fraction of sp³-hybridized carbons (Fsp3) is 0.267. The van der Waals surface area contributed by atoms with Crippen LogP contribution in [0.3, 0.4) is 0 Å². The second kappa shape index (κ2) is 6.79. The standard InChI is InChI=1S/C15H16ClFN2O/c1-10-12(3-2-6-19-10)8-18-9-15(20)11-4-5-13(16)14(17)7-11/h2-7,15,18,20H,8-9H2,1H3. The first-order valence-corrected chi connectivity index (χ1v) is 6.70. The van der Waals surface area contributed by atoms with Gasteiger partial charge in [-0.15, -0.1) is 0 Å². The van der Waals surface area contributed by atoms with E-state index in [1.165, 1.54) is 12.1 Å². The number of pyridine rings is 1. The molecule has 1 aromatic heterocycles. The van der Waals surface area contributed by atoms with Crippen LogP contribution < -0.4 is 5.32 Å². The van der Waals surface area contributed by atoms with Crippen LogP contribution >= 0.6 is 11.6 Å². The van der Waals surface area contributed by atoms with E-state index in [1.54, 1.807) is 12.3 Å². The molecule has 2 N–H and O–H groups in total. The van der Waals surface area contributed by atoms with Gasteiger partial charge in [-0.25, -0.2) is 4.39 Å². The summed E-state index contributed by atoms with van der Waals surface area (Å²) in [4.78, 5) is 4.19. The van der Waals surface area contributed by atoms with Crippen LogP contribution in [-0.2, 0) is 6.54 Å². The molecule has 0 spiro atoms. The average molecular weight is 295 g/mol. The number of benzene rings is 1. The van der Waals surface area contributed by atoms with Crippen LogP contribution in [0, 0.1) is 12.7 Å². The third-order valence-corrected chi connectivity index (χ3v) is 3.40. The molecule has 2 aromatic rings. The molecule has 1 unspecified atom stereocenters. The first kappa shape index (κ1) is 14.9. The van der Waals surface area contributed by atoms with E-state index in [4.69, 9.17) is 11.6 Å². The van der Waals surface area contributed by atoms with Gasteiger partial charge in [0.05, 0.1) is 11.1 Å². The Morgan fingerprint density at radius 2 is 2.20 bits per heavy atom. The predicted octanol–water partition coefficient (Wildman–Crippen LogP) is 3.01. The van der Waals surface area contributed by atoms with Gasteiger partial charge in [0, 0.05) is 25.0 Å². The Labute approximate surface area is 122 Å². The van der Waals surface area contributed by atoms with E-state index in [9.17, 15) is 9.50 Å². The minimum atomic E-state index is -0.779. The van der Waals surface area contributed by atoms with Gasteiger partial charge in [-0.1, -0.05) is 23.7 Å². The van der Waals surface area contributed by atoms with Crippen LogP contribution in [0.4, 0.5) is 4.39 Å². The smallest absolute Gasteiger partial charge is 0.142 e. The Bertz CT molecular complexity index is 592. The number of aryl methyl sites for hydroxylation is 1. The molecular weight excluding hydrogens is 279 g/mol. The number of nitrogens with one attached hydrogen (secondary N) is 1. The van der Waals surface area contributed by atoms with Gasteiger partial charge in [0.15, 0.2) is 0 Å². The molecule has 1 atom stereocenters. The Morgan fingerprint density at radius 3 is 2.90 bits per heavy atom. The molecule has 2 rings (SSSR count). The van der Waals surface area contributed by atoms with Crippen LogP contribution in [0.1, 0.15) is 22.9 Å². The number of aliphatic hydroxyl groups is 1. The largest absolute Gasteiger partial charge is 0.387 e. The van der Waals surface area contributed by atoms with Gasteiger partial charge in [0.2, 0.25) is 0 Å². The first-order chi connectivity index (χ1) is 9.58. The molecule has 106 valence electrons. The van der Waals surface area contributed by atoms with Gasteiger partial charge in [0.25, 0.3) is 0 Å². The van der Waals surface area contributed by atoms with Crippen molar-refractivity contribution >= 4 is 11.6 Å². The van der Waals surface area contributed by atoms with E-state index >= 15 is 0 Å². The molecule has 0 aliphatic carbocycles. The van der Waals surface area contributed by atoms with Crippen molar-refractivity contribution in [2.75, 3.05) is 6.54 Å². The Balaban J connectivity index is 1.90. The molecule has 0 radical (unpaired) electrons. The average Bonchev–Trinajstić information content (AvgIpc) is 2.44. The number of rotatable bonds is 5. The number of hydrogen-bond acceptors (Lipinski definition) is 3. The molecule has 0 aliphatic heterocycles. The topological polar surface area (TPSA) is 45.2 Å². The molecule has 3 nitrogen and oxygen atoms in total. The Morgan fingerprint density at radius 1 is 1.40 bits per heavy atom. The van der Waals surface area contributed by atoms with Crippen LogP contribution in [0.2, 0.25) is 5.02 Å². The molecule has 20 heavy (non-hydrogen) atoms. The van der Waals surface area contributed by atoms with E-state index < -0.39 is 11.9 Å². The van der Waals surface area contributed by atoms with Crippen LogP contribution in [0.15, 0.2) is 36.5 Å². The van der Waals surface area contributed by atoms with E-state index in [-0.39, 0.29) is 5.02 Å². The molecule has 0 amide bonds. The summed E-state index contributed by atoms with van der Waals surface area (Å²) >= 11 is 5.61. The molecule has 0 fully saturated rings. The van der Waals surface area contributed by atoms with E-state index in [2.05, 4.69) is 10.3 Å². The molecule has 0 bridgehead atoms. The van der Waals surface area contributed by atoms with Gasteiger partial charge in [-0.05, 0) is 36.2 Å². The summed E-state index contributed by atoms with van der Waals surface area (Å²) in [6, 6.07) is 8.16. The molecule has 0 saturated carbocycles. The highest BCUT2D eigenvalue weighted by atomic mass is 35.5. The molecule has 1 aromatic carbocycles. The van der Waals surface area contributed by atoms with Crippen molar-refractivity contribution in [1.82, 2.24) is 10.3 Å². The van der Waals surface area contributed by atoms with Gasteiger partial charge < -0.3 is 10.4 Å². The van der Waals surface area contributed by atoms with Crippen molar-refractivity contribution in [3.63, 3.8) is 0 Å². The minimum absolute atomic E-state index is 0.0555. The molecular formula is C15H16ClFN2O. The summed E-state index contributed by atoms with van der Waals surface area (Å²) in [5, 5.41) is 13.2. The maximum Gasteiger partial charge on any atom is 0.142 e.